The summed E-state index contributed by atoms with van der Waals surface area (Å²) in [7, 11) is 0. The fraction of sp³-hybridized carbons (Fsp3) is 0.429. The van der Waals surface area contributed by atoms with Crippen LogP contribution in [0.3, 0.4) is 0 Å². The first kappa shape index (κ1) is 16.6. The molecule has 5 nitrogen and oxygen atoms in total. The smallest absolute Gasteiger partial charge is 0.265 e. The number of amides is 1. The van der Waals surface area contributed by atoms with E-state index in [-0.39, 0.29) is 5.91 Å². The van der Waals surface area contributed by atoms with Crippen LogP contribution in [0, 0.1) is 11.3 Å². The Hall–Kier alpha value is -1.42. The van der Waals surface area contributed by atoms with Crippen molar-refractivity contribution in [1.82, 2.24) is 10.3 Å². The number of hydrazine groups is 1. The van der Waals surface area contributed by atoms with E-state index in [4.69, 9.17) is 11.1 Å². The lowest BCUT2D eigenvalue weighted by atomic mass is 10.1. The average molecular weight is 339 g/mol. The van der Waals surface area contributed by atoms with Gasteiger partial charge in [0, 0.05) is 35.6 Å². The molecule has 6 heteroatoms. The summed E-state index contributed by atoms with van der Waals surface area (Å²) in [6.07, 6.45) is 0.503. The van der Waals surface area contributed by atoms with Crippen LogP contribution in [-0.2, 0) is 6.54 Å². The summed E-state index contributed by atoms with van der Waals surface area (Å²) in [4.78, 5) is 13.7. The minimum absolute atomic E-state index is 0.317. The number of nitrogen functional groups attached to an aromatic ring is 1. The van der Waals surface area contributed by atoms with E-state index in [0.717, 1.165) is 23.1 Å². The Bertz CT molecular complexity index is 510. The minimum atomic E-state index is -0.317. The van der Waals surface area contributed by atoms with Crippen molar-refractivity contribution in [1.29, 1.82) is 5.26 Å². The standard InChI is InChI=1S/C14H19BrN4O/c1-10(2)19(7-3-6-16)9-12-5-4-11(8-13(12)15)14(20)18-17/h4-5,8,10H,3,7,9,17H2,1-2H3,(H,18,20). The highest BCUT2D eigenvalue weighted by molar-refractivity contribution is 9.10. The topological polar surface area (TPSA) is 82.2 Å². The highest BCUT2D eigenvalue weighted by Crippen LogP contribution is 2.21. The van der Waals surface area contributed by atoms with Crippen molar-refractivity contribution in [3.05, 3.63) is 33.8 Å². The third-order valence-electron chi connectivity index (χ3n) is 3.06. The van der Waals surface area contributed by atoms with Crippen molar-refractivity contribution in [2.24, 2.45) is 5.84 Å². The SMILES string of the molecule is CC(C)N(CCC#N)Cc1ccc(C(=O)NN)cc1Br. The van der Waals surface area contributed by atoms with E-state index in [1.165, 1.54) is 0 Å². The molecule has 1 amide bonds. The molecule has 0 aliphatic carbocycles. The summed E-state index contributed by atoms with van der Waals surface area (Å²) < 4.78 is 0.862. The van der Waals surface area contributed by atoms with E-state index >= 15 is 0 Å². The molecule has 3 N–H and O–H groups in total. The summed E-state index contributed by atoms with van der Waals surface area (Å²) in [6.45, 7) is 5.65. The number of rotatable bonds is 6. The van der Waals surface area contributed by atoms with Crippen molar-refractivity contribution >= 4 is 21.8 Å². The number of hydrogen-bond donors (Lipinski definition) is 2. The maximum absolute atomic E-state index is 11.4. The molecular formula is C14H19BrN4O. The number of nitrogens with one attached hydrogen (secondary N) is 1. The molecule has 0 saturated carbocycles. The summed E-state index contributed by atoms with van der Waals surface area (Å²) in [5, 5.41) is 8.70. The Balaban J connectivity index is 2.86. The first-order chi connectivity index (χ1) is 9.49. The van der Waals surface area contributed by atoms with Gasteiger partial charge in [0.2, 0.25) is 0 Å². The Labute approximate surface area is 127 Å². The minimum Gasteiger partial charge on any atom is -0.296 e. The first-order valence-electron chi connectivity index (χ1n) is 6.40. The lowest BCUT2D eigenvalue weighted by molar-refractivity contribution is 0.0953. The highest BCUT2D eigenvalue weighted by atomic mass is 79.9. The van der Waals surface area contributed by atoms with Gasteiger partial charge in [-0.05, 0) is 31.5 Å². The van der Waals surface area contributed by atoms with Crippen molar-refractivity contribution < 1.29 is 4.79 Å². The summed E-state index contributed by atoms with van der Waals surface area (Å²) in [6, 6.07) is 7.90. The Kier molecular flexibility index (Phi) is 6.65. The second kappa shape index (κ2) is 8.00. The highest BCUT2D eigenvalue weighted by Gasteiger charge is 2.13. The molecule has 0 atom stereocenters. The predicted octanol–water partition coefficient (Wildman–Crippen LogP) is 2.18. The average Bonchev–Trinajstić information content (AvgIpc) is 2.43. The first-order valence-corrected chi connectivity index (χ1v) is 7.19. The lowest BCUT2D eigenvalue weighted by Crippen LogP contribution is -2.31. The molecule has 0 aromatic heterocycles. The molecule has 0 bridgehead atoms. The van der Waals surface area contributed by atoms with Gasteiger partial charge < -0.3 is 0 Å². The monoisotopic (exact) mass is 338 g/mol. The molecule has 0 saturated heterocycles. The second-order valence-corrected chi connectivity index (χ2v) is 5.61. The third kappa shape index (κ3) is 4.60. The summed E-state index contributed by atoms with van der Waals surface area (Å²) >= 11 is 3.48. The van der Waals surface area contributed by atoms with Crippen LogP contribution in [0.1, 0.15) is 36.2 Å². The largest absolute Gasteiger partial charge is 0.296 e. The molecule has 1 aromatic carbocycles. The van der Waals surface area contributed by atoms with E-state index < -0.39 is 0 Å². The van der Waals surface area contributed by atoms with Crippen molar-refractivity contribution in [3.63, 3.8) is 0 Å². The normalized spacial score (nSPS) is 10.7. The molecule has 0 spiro atoms. The van der Waals surface area contributed by atoms with Crippen molar-refractivity contribution in [2.45, 2.75) is 32.9 Å². The van der Waals surface area contributed by atoms with E-state index in [1.807, 2.05) is 6.07 Å². The summed E-state index contributed by atoms with van der Waals surface area (Å²) in [5.41, 5.74) is 3.69. The van der Waals surface area contributed by atoms with Gasteiger partial charge in [-0.1, -0.05) is 22.0 Å². The maximum atomic E-state index is 11.4. The zero-order chi connectivity index (χ0) is 15.1. The van der Waals surface area contributed by atoms with Gasteiger partial charge in [-0.2, -0.15) is 5.26 Å². The molecule has 1 rings (SSSR count). The fourth-order valence-corrected chi connectivity index (χ4v) is 2.34. The van der Waals surface area contributed by atoms with Gasteiger partial charge in [-0.3, -0.25) is 15.1 Å². The quantitative estimate of drug-likeness (QED) is 0.473. The van der Waals surface area contributed by atoms with Crippen LogP contribution in [0.25, 0.3) is 0 Å². The maximum Gasteiger partial charge on any atom is 0.265 e. The van der Waals surface area contributed by atoms with E-state index in [0.29, 0.717) is 18.0 Å². The van der Waals surface area contributed by atoms with Gasteiger partial charge in [0.1, 0.15) is 0 Å². The van der Waals surface area contributed by atoms with Crippen LogP contribution < -0.4 is 11.3 Å². The van der Waals surface area contributed by atoms with Gasteiger partial charge in [-0.25, -0.2) is 5.84 Å². The Morgan fingerprint density at radius 2 is 2.25 bits per heavy atom. The fourth-order valence-electron chi connectivity index (χ4n) is 1.83. The van der Waals surface area contributed by atoms with Crippen LogP contribution in [0.4, 0.5) is 0 Å². The van der Waals surface area contributed by atoms with Crippen molar-refractivity contribution in [3.8, 4) is 6.07 Å². The molecule has 20 heavy (non-hydrogen) atoms. The van der Waals surface area contributed by atoms with E-state index in [9.17, 15) is 4.79 Å². The molecule has 0 radical (unpaired) electrons. The number of benzene rings is 1. The van der Waals surface area contributed by atoms with Gasteiger partial charge in [0.15, 0.2) is 0 Å². The van der Waals surface area contributed by atoms with Crippen molar-refractivity contribution in [2.75, 3.05) is 6.54 Å². The molecular weight excluding hydrogens is 320 g/mol. The molecule has 0 fully saturated rings. The van der Waals surface area contributed by atoms with Crippen LogP contribution >= 0.6 is 15.9 Å². The Morgan fingerprint density at radius 3 is 2.75 bits per heavy atom. The van der Waals surface area contributed by atoms with Crippen LogP contribution in [0.5, 0.6) is 0 Å². The predicted molar refractivity (Wildman–Crippen MR) is 81.6 cm³/mol. The third-order valence-corrected chi connectivity index (χ3v) is 3.80. The van der Waals surface area contributed by atoms with Crippen LogP contribution in [0.15, 0.2) is 22.7 Å². The van der Waals surface area contributed by atoms with Gasteiger partial charge in [-0.15, -0.1) is 0 Å². The molecule has 0 unspecified atom stereocenters. The molecule has 0 aliphatic rings. The number of hydrogen-bond acceptors (Lipinski definition) is 4. The zero-order valence-electron chi connectivity index (χ0n) is 11.7. The molecule has 0 aliphatic heterocycles. The number of carbonyl (C=O) groups excluding carboxylic acids is 1. The van der Waals surface area contributed by atoms with Gasteiger partial charge >= 0.3 is 0 Å². The summed E-state index contributed by atoms with van der Waals surface area (Å²) in [5.74, 6) is 4.80. The van der Waals surface area contributed by atoms with E-state index in [2.05, 4.69) is 46.2 Å². The van der Waals surface area contributed by atoms with Crippen LogP contribution in [0.2, 0.25) is 0 Å². The molecule has 0 heterocycles. The Morgan fingerprint density at radius 1 is 1.55 bits per heavy atom. The lowest BCUT2D eigenvalue weighted by Gasteiger charge is -2.26. The second-order valence-electron chi connectivity index (χ2n) is 4.75. The van der Waals surface area contributed by atoms with Gasteiger partial charge in [0.25, 0.3) is 5.91 Å². The number of halogens is 1. The number of nitrogens with two attached hydrogens (primary N) is 1. The molecule has 1 aromatic rings. The van der Waals surface area contributed by atoms with E-state index in [1.54, 1.807) is 12.1 Å². The number of carbonyl (C=O) groups is 1. The molecule has 108 valence electrons. The number of nitriles is 1. The van der Waals surface area contributed by atoms with Gasteiger partial charge in [0.05, 0.1) is 6.07 Å². The number of nitrogens with zero attached hydrogens (tertiary/aromatic N) is 2. The zero-order valence-corrected chi connectivity index (χ0v) is 13.3. The van der Waals surface area contributed by atoms with Crippen LogP contribution in [-0.4, -0.2) is 23.4 Å².